The van der Waals surface area contributed by atoms with Crippen LogP contribution in [-0.4, -0.2) is 11.1 Å². The molecule has 0 aliphatic heterocycles. The Labute approximate surface area is 114 Å². The van der Waals surface area contributed by atoms with Crippen molar-refractivity contribution in [3.8, 4) is 9.75 Å². The largest absolute Gasteiger partial charge is 0.477 e. The minimum absolute atomic E-state index is 0.258. The Balaban J connectivity index is 2.56. The third-order valence-electron chi connectivity index (χ3n) is 2.83. The van der Waals surface area contributed by atoms with Crippen molar-refractivity contribution in [1.29, 1.82) is 0 Å². The molecule has 3 N–H and O–H groups in total. The molecule has 0 spiro atoms. The second-order valence-corrected chi connectivity index (χ2v) is 6.12. The Morgan fingerprint density at radius 1 is 1.28 bits per heavy atom. The summed E-state index contributed by atoms with van der Waals surface area (Å²) in [6.07, 6.45) is 1.75. The normalized spacial score (nSPS) is 10.8. The smallest absolute Gasteiger partial charge is 0.348 e. The number of anilines is 1. The molecule has 2 aromatic heterocycles. The number of nitrogens with two attached hydrogens (primary N) is 1. The summed E-state index contributed by atoms with van der Waals surface area (Å²) in [5.74, 6) is -0.939. The van der Waals surface area contributed by atoms with Crippen LogP contribution in [0.3, 0.4) is 0 Å². The predicted molar refractivity (Wildman–Crippen MR) is 77.8 cm³/mol. The summed E-state index contributed by atoms with van der Waals surface area (Å²) in [7, 11) is 0. The van der Waals surface area contributed by atoms with Crippen LogP contribution < -0.4 is 5.73 Å². The Bertz CT molecular complexity index is 584. The van der Waals surface area contributed by atoms with Crippen molar-refractivity contribution in [2.45, 2.75) is 26.7 Å². The van der Waals surface area contributed by atoms with Crippen LogP contribution in [0.1, 0.15) is 34.0 Å². The standard InChI is InChI=1S/C13H15NO2S2/c1-3-7-5-6-9(17-7)11-8(4-2)10(14)12(18-11)13(15)16/h5-6H,3-4,14H2,1-2H3,(H,15,16). The zero-order chi connectivity index (χ0) is 13.3. The number of hydrogen-bond donors (Lipinski definition) is 2. The lowest BCUT2D eigenvalue weighted by Crippen LogP contribution is -1.99. The van der Waals surface area contributed by atoms with E-state index in [1.165, 1.54) is 16.2 Å². The maximum atomic E-state index is 11.1. The first-order valence-corrected chi connectivity index (χ1v) is 7.45. The molecule has 0 amide bonds. The van der Waals surface area contributed by atoms with Gasteiger partial charge in [-0.2, -0.15) is 0 Å². The molecule has 0 saturated heterocycles. The highest BCUT2D eigenvalue weighted by Gasteiger charge is 2.21. The monoisotopic (exact) mass is 281 g/mol. The van der Waals surface area contributed by atoms with E-state index in [0.717, 1.165) is 28.2 Å². The first-order valence-electron chi connectivity index (χ1n) is 5.81. The van der Waals surface area contributed by atoms with Crippen molar-refractivity contribution >= 4 is 34.3 Å². The average Bonchev–Trinajstić information content (AvgIpc) is 2.92. The molecule has 0 aromatic carbocycles. The topological polar surface area (TPSA) is 63.3 Å². The third-order valence-corrected chi connectivity index (χ3v) is 5.48. The first kappa shape index (κ1) is 13.1. The number of carboxylic acid groups (broad SMARTS) is 1. The number of aryl methyl sites for hydroxylation is 1. The lowest BCUT2D eigenvalue weighted by molar-refractivity contribution is 0.0703. The number of rotatable bonds is 4. The van der Waals surface area contributed by atoms with Crippen molar-refractivity contribution < 1.29 is 9.90 Å². The summed E-state index contributed by atoms with van der Waals surface area (Å²) >= 11 is 2.99. The van der Waals surface area contributed by atoms with Crippen LogP contribution in [0.15, 0.2) is 12.1 Å². The zero-order valence-corrected chi connectivity index (χ0v) is 12.0. The van der Waals surface area contributed by atoms with Gasteiger partial charge in [0, 0.05) is 9.75 Å². The highest BCUT2D eigenvalue weighted by Crippen LogP contribution is 2.41. The fourth-order valence-electron chi connectivity index (χ4n) is 1.88. The van der Waals surface area contributed by atoms with Gasteiger partial charge in [0.15, 0.2) is 0 Å². The van der Waals surface area contributed by atoms with E-state index < -0.39 is 5.97 Å². The Morgan fingerprint density at radius 3 is 2.50 bits per heavy atom. The number of hydrogen-bond acceptors (Lipinski definition) is 4. The zero-order valence-electron chi connectivity index (χ0n) is 10.3. The van der Waals surface area contributed by atoms with Crippen molar-refractivity contribution in [2.24, 2.45) is 0 Å². The SMILES string of the molecule is CCc1ccc(-c2sc(C(=O)O)c(N)c2CC)s1. The molecule has 0 radical (unpaired) electrons. The molecule has 3 nitrogen and oxygen atoms in total. The predicted octanol–water partition coefficient (Wildman–Crippen LogP) is 3.88. The van der Waals surface area contributed by atoms with Gasteiger partial charge in [0.1, 0.15) is 4.88 Å². The fraction of sp³-hybridized carbons (Fsp3) is 0.308. The average molecular weight is 281 g/mol. The molecule has 0 aliphatic carbocycles. The molecule has 0 aliphatic rings. The van der Waals surface area contributed by atoms with Gasteiger partial charge in [0.2, 0.25) is 0 Å². The molecule has 0 fully saturated rings. The lowest BCUT2D eigenvalue weighted by atomic mass is 10.1. The van der Waals surface area contributed by atoms with Gasteiger partial charge in [-0.1, -0.05) is 13.8 Å². The molecular formula is C13H15NO2S2. The van der Waals surface area contributed by atoms with Gasteiger partial charge in [-0.05, 0) is 30.5 Å². The van der Waals surface area contributed by atoms with Gasteiger partial charge in [0.25, 0.3) is 0 Å². The molecule has 96 valence electrons. The van der Waals surface area contributed by atoms with E-state index >= 15 is 0 Å². The minimum Gasteiger partial charge on any atom is -0.477 e. The summed E-state index contributed by atoms with van der Waals surface area (Å²) in [6.45, 7) is 4.11. The number of nitrogen functional groups attached to an aromatic ring is 1. The molecule has 2 heterocycles. The number of aromatic carboxylic acids is 1. The van der Waals surface area contributed by atoms with Crippen LogP contribution in [0, 0.1) is 0 Å². The molecule has 0 unspecified atom stereocenters. The summed E-state index contributed by atoms with van der Waals surface area (Å²) in [5, 5.41) is 9.13. The number of carbonyl (C=O) groups is 1. The summed E-state index contributed by atoms with van der Waals surface area (Å²) in [6, 6.07) is 4.15. The third kappa shape index (κ3) is 2.15. The van der Waals surface area contributed by atoms with Crippen LogP contribution in [-0.2, 0) is 12.8 Å². The molecule has 0 saturated carbocycles. The molecule has 5 heteroatoms. The van der Waals surface area contributed by atoms with Crippen molar-refractivity contribution in [3.63, 3.8) is 0 Å². The Hall–Kier alpha value is -1.33. The molecule has 0 bridgehead atoms. The Kier molecular flexibility index (Phi) is 3.73. The van der Waals surface area contributed by atoms with E-state index in [-0.39, 0.29) is 4.88 Å². The fourth-order valence-corrected chi connectivity index (χ4v) is 4.11. The molecular weight excluding hydrogens is 266 g/mol. The molecule has 2 aromatic rings. The van der Waals surface area contributed by atoms with E-state index in [1.807, 2.05) is 6.92 Å². The first-order chi connectivity index (χ1) is 8.58. The summed E-state index contributed by atoms with van der Waals surface area (Å²) < 4.78 is 0. The van der Waals surface area contributed by atoms with Gasteiger partial charge >= 0.3 is 5.97 Å². The van der Waals surface area contributed by atoms with Crippen LogP contribution >= 0.6 is 22.7 Å². The van der Waals surface area contributed by atoms with Crippen LogP contribution in [0.4, 0.5) is 5.69 Å². The van der Waals surface area contributed by atoms with Crippen molar-refractivity contribution in [2.75, 3.05) is 5.73 Å². The molecule has 2 rings (SSSR count). The van der Waals surface area contributed by atoms with Gasteiger partial charge < -0.3 is 10.8 Å². The molecule has 18 heavy (non-hydrogen) atoms. The van der Waals surface area contributed by atoms with E-state index in [1.54, 1.807) is 11.3 Å². The van der Waals surface area contributed by atoms with Crippen LogP contribution in [0.2, 0.25) is 0 Å². The van der Waals surface area contributed by atoms with E-state index in [4.69, 9.17) is 10.8 Å². The maximum Gasteiger partial charge on any atom is 0.348 e. The van der Waals surface area contributed by atoms with Crippen molar-refractivity contribution in [1.82, 2.24) is 0 Å². The lowest BCUT2D eigenvalue weighted by Gasteiger charge is -1.99. The number of carboxylic acids is 1. The summed E-state index contributed by atoms with van der Waals surface area (Å²) in [4.78, 5) is 14.8. The minimum atomic E-state index is -0.939. The van der Waals surface area contributed by atoms with Gasteiger partial charge in [-0.25, -0.2) is 4.79 Å². The second kappa shape index (κ2) is 5.12. The maximum absolute atomic E-state index is 11.1. The van der Waals surface area contributed by atoms with Gasteiger partial charge in [0.05, 0.1) is 10.6 Å². The van der Waals surface area contributed by atoms with Gasteiger partial charge in [-0.15, -0.1) is 22.7 Å². The number of thiophene rings is 2. The summed E-state index contributed by atoms with van der Waals surface area (Å²) in [5.41, 5.74) is 7.31. The van der Waals surface area contributed by atoms with E-state index in [0.29, 0.717) is 5.69 Å². The van der Waals surface area contributed by atoms with Crippen LogP contribution in [0.5, 0.6) is 0 Å². The second-order valence-electron chi connectivity index (χ2n) is 3.93. The van der Waals surface area contributed by atoms with Gasteiger partial charge in [-0.3, -0.25) is 0 Å². The van der Waals surface area contributed by atoms with Crippen LogP contribution in [0.25, 0.3) is 9.75 Å². The molecule has 0 atom stereocenters. The van der Waals surface area contributed by atoms with E-state index in [2.05, 4.69) is 19.1 Å². The Morgan fingerprint density at radius 2 is 2.00 bits per heavy atom. The quantitative estimate of drug-likeness (QED) is 0.894. The van der Waals surface area contributed by atoms with E-state index in [9.17, 15) is 4.79 Å². The highest BCUT2D eigenvalue weighted by molar-refractivity contribution is 7.23. The highest BCUT2D eigenvalue weighted by atomic mass is 32.1. The van der Waals surface area contributed by atoms with Crippen molar-refractivity contribution in [3.05, 3.63) is 27.5 Å².